The van der Waals surface area contributed by atoms with Crippen molar-refractivity contribution in [3.8, 4) is 11.5 Å². The molecule has 3 heterocycles. The molecule has 1 atom stereocenters. The van der Waals surface area contributed by atoms with Crippen molar-refractivity contribution in [3.05, 3.63) is 53.1 Å². The Hall–Kier alpha value is -3.06. The van der Waals surface area contributed by atoms with Crippen molar-refractivity contribution in [1.82, 2.24) is 9.99 Å². The van der Waals surface area contributed by atoms with Crippen LogP contribution in [0.25, 0.3) is 10.9 Å². The number of carbonyl (C=O) groups excluding carboxylic acids is 1. The molecule has 7 nitrogen and oxygen atoms in total. The summed E-state index contributed by atoms with van der Waals surface area (Å²) in [5, 5.41) is 7.01. The van der Waals surface area contributed by atoms with E-state index in [9.17, 15) is 4.79 Å². The van der Waals surface area contributed by atoms with Crippen LogP contribution in [0.1, 0.15) is 30.7 Å². The first-order valence-electron chi connectivity index (χ1n) is 8.65. The third-order valence-electron chi connectivity index (χ3n) is 4.70. The summed E-state index contributed by atoms with van der Waals surface area (Å²) in [6.45, 7) is 1.47. The molecular formula is C20H18ClN3O4. The van der Waals surface area contributed by atoms with E-state index < -0.39 is 0 Å². The van der Waals surface area contributed by atoms with E-state index in [1.165, 1.54) is 11.9 Å². The normalized spacial score (nSPS) is 16.4. The molecule has 4 rings (SSSR count). The van der Waals surface area contributed by atoms with E-state index in [2.05, 4.69) is 10.1 Å². The van der Waals surface area contributed by atoms with Crippen LogP contribution in [-0.2, 0) is 4.79 Å². The average Bonchev–Trinajstić information content (AvgIpc) is 3.36. The minimum absolute atomic E-state index is 0.185. The summed E-state index contributed by atoms with van der Waals surface area (Å²) in [5.41, 5.74) is 2.07. The van der Waals surface area contributed by atoms with Gasteiger partial charge in [-0.25, -0.2) is 9.99 Å². The molecule has 0 unspecified atom stereocenters. The lowest BCUT2D eigenvalue weighted by Crippen LogP contribution is -2.24. The highest BCUT2D eigenvalue weighted by atomic mass is 35.5. The number of hydrazone groups is 1. The van der Waals surface area contributed by atoms with Gasteiger partial charge in [0.15, 0.2) is 11.5 Å². The number of hydrogen-bond acceptors (Lipinski definition) is 6. The number of pyridine rings is 1. The quantitative estimate of drug-likeness (QED) is 0.614. The zero-order chi connectivity index (χ0) is 19.8. The number of hydrogen-bond donors (Lipinski definition) is 0. The largest absolute Gasteiger partial charge is 0.493 e. The lowest BCUT2D eigenvalue weighted by molar-refractivity contribution is -0.130. The molecule has 1 amide bonds. The Labute approximate surface area is 166 Å². The van der Waals surface area contributed by atoms with Gasteiger partial charge in [0.25, 0.3) is 0 Å². The lowest BCUT2D eigenvalue weighted by atomic mass is 10.0. The highest BCUT2D eigenvalue weighted by molar-refractivity contribution is 6.30. The van der Waals surface area contributed by atoms with Gasteiger partial charge in [0.1, 0.15) is 16.6 Å². The van der Waals surface area contributed by atoms with Crippen molar-refractivity contribution >= 4 is 34.1 Å². The molecule has 1 aliphatic rings. The van der Waals surface area contributed by atoms with E-state index in [-0.39, 0.29) is 11.9 Å². The summed E-state index contributed by atoms with van der Waals surface area (Å²) in [5.74, 6) is 1.61. The Morgan fingerprint density at radius 3 is 2.64 bits per heavy atom. The third-order valence-corrected chi connectivity index (χ3v) is 5.00. The molecule has 8 heteroatoms. The lowest BCUT2D eigenvalue weighted by Gasteiger charge is -2.21. The first kappa shape index (κ1) is 18.3. The molecule has 1 aliphatic heterocycles. The zero-order valence-electron chi connectivity index (χ0n) is 15.6. The first-order valence-corrected chi connectivity index (χ1v) is 9.03. The smallest absolute Gasteiger partial charge is 0.240 e. The fraction of sp³-hybridized carbons (Fsp3) is 0.250. The van der Waals surface area contributed by atoms with Crippen molar-refractivity contribution in [2.75, 3.05) is 14.2 Å². The van der Waals surface area contributed by atoms with Crippen LogP contribution in [0.3, 0.4) is 0 Å². The highest BCUT2D eigenvalue weighted by Crippen LogP contribution is 2.39. The summed E-state index contributed by atoms with van der Waals surface area (Å²) < 4.78 is 16.1. The summed E-state index contributed by atoms with van der Waals surface area (Å²) in [6.07, 6.45) is 2.06. The maximum Gasteiger partial charge on any atom is 0.240 e. The summed E-state index contributed by atoms with van der Waals surface area (Å²) >= 11 is 6.50. The molecule has 0 saturated carbocycles. The summed E-state index contributed by atoms with van der Waals surface area (Å²) in [7, 11) is 3.14. The van der Waals surface area contributed by atoms with Crippen LogP contribution in [0.5, 0.6) is 11.5 Å². The van der Waals surface area contributed by atoms with Gasteiger partial charge < -0.3 is 13.9 Å². The standard InChI is InChI=1S/C20H18ClN3O4/c1-11(25)24-16(9-15(23-24)17-5-4-6-28-17)13-7-12-8-18(26-2)19(27-3)10-14(12)22-20(13)21/h4-8,10,16H,9H2,1-3H3/t16-/m1/s1. The van der Waals surface area contributed by atoms with Gasteiger partial charge in [0.05, 0.1) is 32.0 Å². The Kier molecular flexibility index (Phi) is 4.68. The molecule has 0 spiro atoms. The van der Waals surface area contributed by atoms with Crippen LogP contribution in [0.15, 0.2) is 46.1 Å². The van der Waals surface area contributed by atoms with Crippen LogP contribution < -0.4 is 9.47 Å². The molecule has 1 aromatic carbocycles. The molecule has 0 N–H and O–H groups in total. The second kappa shape index (κ2) is 7.16. The Morgan fingerprint density at radius 1 is 1.25 bits per heavy atom. The maximum absolute atomic E-state index is 12.2. The molecule has 3 aromatic rings. The van der Waals surface area contributed by atoms with Crippen molar-refractivity contribution < 1.29 is 18.7 Å². The maximum atomic E-state index is 12.2. The van der Waals surface area contributed by atoms with E-state index in [4.69, 9.17) is 25.5 Å². The van der Waals surface area contributed by atoms with Crippen LogP contribution in [0.2, 0.25) is 5.15 Å². The monoisotopic (exact) mass is 399 g/mol. The van der Waals surface area contributed by atoms with Gasteiger partial charge in [0.2, 0.25) is 5.91 Å². The van der Waals surface area contributed by atoms with Crippen LogP contribution in [0.4, 0.5) is 0 Å². The fourth-order valence-electron chi connectivity index (χ4n) is 3.36. The number of methoxy groups -OCH3 is 2. The molecule has 0 fully saturated rings. The topological polar surface area (TPSA) is 77.2 Å². The summed E-state index contributed by atoms with van der Waals surface area (Å²) in [4.78, 5) is 16.7. The number of fused-ring (bicyclic) bond motifs is 1. The van der Waals surface area contributed by atoms with Gasteiger partial charge in [-0.05, 0) is 24.3 Å². The molecule has 28 heavy (non-hydrogen) atoms. The number of aromatic nitrogens is 1. The third kappa shape index (κ3) is 3.07. The molecule has 0 bridgehead atoms. The molecule has 0 radical (unpaired) electrons. The SMILES string of the molecule is COc1cc2cc([C@H]3CC(c4ccco4)=NN3C(C)=O)c(Cl)nc2cc1OC. The molecule has 144 valence electrons. The zero-order valence-corrected chi connectivity index (χ0v) is 16.4. The molecule has 0 saturated heterocycles. The Morgan fingerprint density at radius 2 is 2.00 bits per heavy atom. The summed E-state index contributed by atoms with van der Waals surface area (Å²) in [6, 6.07) is 8.75. The van der Waals surface area contributed by atoms with Crippen LogP contribution in [-0.4, -0.2) is 35.8 Å². The number of furan rings is 1. The minimum atomic E-state index is -0.366. The average molecular weight is 400 g/mol. The van der Waals surface area contributed by atoms with E-state index in [1.54, 1.807) is 32.6 Å². The van der Waals surface area contributed by atoms with Gasteiger partial charge >= 0.3 is 0 Å². The number of benzene rings is 1. The number of rotatable bonds is 4. The second-order valence-electron chi connectivity index (χ2n) is 6.38. The number of carbonyl (C=O) groups is 1. The van der Waals surface area contributed by atoms with E-state index in [0.29, 0.717) is 45.6 Å². The van der Waals surface area contributed by atoms with Crippen LogP contribution in [0, 0.1) is 0 Å². The first-order chi connectivity index (χ1) is 13.5. The van der Waals surface area contributed by atoms with Crippen molar-refractivity contribution in [2.45, 2.75) is 19.4 Å². The Bertz CT molecular complexity index is 1080. The van der Waals surface area contributed by atoms with Gasteiger partial charge in [-0.2, -0.15) is 5.10 Å². The molecule has 2 aromatic heterocycles. The van der Waals surface area contributed by atoms with Crippen molar-refractivity contribution in [2.24, 2.45) is 5.10 Å². The predicted molar refractivity (Wildman–Crippen MR) is 105 cm³/mol. The number of amides is 1. The number of ether oxygens (including phenoxy) is 2. The minimum Gasteiger partial charge on any atom is -0.493 e. The van der Waals surface area contributed by atoms with Gasteiger partial charge in [-0.1, -0.05) is 11.6 Å². The van der Waals surface area contributed by atoms with Crippen LogP contribution >= 0.6 is 11.6 Å². The predicted octanol–water partition coefficient (Wildman–Crippen LogP) is 4.20. The fourth-order valence-corrected chi connectivity index (χ4v) is 3.63. The molecular weight excluding hydrogens is 382 g/mol. The van der Waals surface area contributed by atoms with Crippen molar-refractivity contribution in [1.29, 1.82) is 0 Å². The van der Waals surface area contributed by atoms with E-state index >= 15 is 0 Å². The van der Waals surface area contributed by atoms with E-state index in [1.807, 2.05) is 18.2 Å². The van der Waals surface area contributed by atoms with E-state index in [0.717, 1.165) is 5.39 Å². The van der Waals surface area contributed by atoms with Gasteiger partial charge in [0, 0.05) is 30.4 Å². The second-order valence-corrected chi connectivity index (χ2v) is 6.73. The number of halogens is 1. The van der Waals surface area contributed by atoms with Gasteiger partial charge in [-0.15, -0.1) is 0 Å². The molecule has 0 aliphatic carbocycles. The van der Waals surface area contributed by atoms with Gasteiger partial charge in [-0.3, -0.25) is 4.79 Å². The highest BCUT2D eigenvalue weighted by Gasteiger charge is 2.34. The number of nitrogens with zero attached hydrogens (tertiary/aromatic N) is 3. The Balaban J connectivity index is 1.79. The van der Waals surface area contributed by atoms with Crippen molar-refractivity contribution in [3.63, 3.8) is 0 Å².